The van der Waals surface area contributed by atoms with Gasteiger partial charge in [0.2, 0.25) is 0 Å². The molecule has 5 rings (SSSR count). The van der Waals surface area contributed by atoms with Gasteiger partial charge < -0.3 is 33.9 Å². The lowest BCUT2D eigenvalue weighted by Gasteiger charge is -2.32. The summed E-state index contributed by atoms with van der Waals surface area (Å²) in [6.45, 7) is 5.84. The molecule has 0 radical (unpaired) electrons. The number of anilines is 1. The molecule has 3 N–H and O–H groups in total. The lowest BCUT2D eigenvalue weighted by Crippen LogP contribution is -2.48. The molecule has 47 heavy (non-hydrogen) atoms. The molecule has 2 aliphatic rings. The van der Waals surface area contributed by atoms with Crippen LogP contribution in [0.25, 0.3) is 5.52 Å². The van der Waals surface area contributed by atoms with Gasteiger partial charge in [-0.1, -0.05) is 18.2 Å². The highest BCUT2D eigenvalue weighted by Gasteiger charge is 2.58. The molecule has 4 heterocycles. The second-order valence-electron chi connectivity index (χ2n) is 11.4. The van der Waals surface area contributed by atoms with Crippen LogP contribution in [0.5, 0.6) is 5.75 Å². The van der Waals surface area contributed by atoms with Crippen LogP contribution < -0.4 is 15.3 Å². The number of fused-ring (bicyclic) bond motifs is 1. The Morgan fingerprint density at radius 1 is 1.09 bits per heavy atom. The number of nitrogens with one attached hydrogen (secondary N) is 1. The maximum Gasteiger partial charge on any atom is 0.459 e. The number of esters is 3. The van der Waals surface area contributed by atoms with Crippen LogP contribution >= 0.6 is 7.75 Å². The lowest BCUT2D eigenvalue weighted by atomic mass is 9.96. The van der Waals surface area contributed by atoms with Crippen molar-refractivity contribution in [1.82, 2.24) is 19.7 Å². The molecule has 17 heteroatoms. The summed E-state index contributed by atoms with van der Waals surface area (Å²) in [6.07, 6.45) is -1.49. The summed E-state index contributed by atoms with van der Waals surface area (Å²) in [5.74, 6) is -1.63. The number of carbonyl (C=O) groups excluding carboxylic acids is 3. The monoisotopic (exact) mass is 675 g/mol. The highest BCUT2D eigenvalue weighted by molar-refractivity contribution is 7.52. The zero-order chi connectivity index (χ0) is 33.8. The van der Waals surface area contributed by atoms with E-state index < -0.39 is 62.2 Å². The maximum atomic E-state index is 14.3. The molecule has 254 valence electrons. The van der Waals surface area contributed by atoms with Crippen LogP contribution in [0.2, 0.25) is 0 Å². The third-order valence-corrected chi connectivity index (χ3v) is 9.26. The van der Waals surface area contributed by atoms with E-state index in [0.717, 1.165) is 0 Å². The van der Waals surface area contributed by atoms with Gasteiger partial charge in [0, 0.05) is 26.7 Å². The topological polar surface area (TPSA) is 201 Å². The predicted molar refractivity (Wildman–Crippen MR) is 164 cm³/mol. The first kappa shape index (κ1) is 34.3. The van der Waals surface area contributed by atoms with Crippen LogP contribution in [0, 0.1) is 0 Å². The SMILES string of the molecule is CC(=O)O[C@H]1[C@H](c2ccc3c(N)ncnn23)O[C@](C)(CO[P@](=O)(N[C@@H](C)C(=O)OC2CCOCC2)Oc2ccccc2)[C@H]1OC(C)=O. The molecule has 2 aromatic heterocycles. The third-order valence-electron chi connectivity index (χ3n) is 7.64. The Labute approximate surface area is 270 Å². The van der Waals surface area contributed by atoms with Gasteiger partial charge in [0.1, 0.15) is 41.4 Å². The first-order valence-electron chi connectivity index (χ1n) is 15.0. The number of hydrogen-bond acceptors (Lipinski definition) is 14. The maximum absolute atomic E-state index is 14.3. The number of ether oxygens (including phenoxy) is 5. The first-order chi connectivity index (χ1) is 22.4. The zero-order valence-corrected chi connectivity index (χ0v) is 27.3. The van der Waals surface area contributed by atoms with Gasteiger partial charge in [-0.25, -0.2) is 14.1 Å². The summed E-state index contributed by atoms with van der Waals surface area (Å²) in [6, 6.07) is 10.4. The van der Waals surface area contributed by atoms with E-state index in [9.17, 15) is 18.9 Å². The molecule has 0 saturated carbocycles. The van der Waals surface area contributed by atoms with Gasteiger partial charge in [0.25, 0.3) is 0 Å². The van der Waals surface area contributed by atoms with Crippen molar-refractivity contribution in [2.75, 3.05) is 25.6 Å². The van der Waals surface area contributed by atoms with E-state index in [2.05, 4.69) is 15.2 Å². The number of hydrogen-bond donors (Lipinski definition) is 2. The Balaban J connectivity index is 1.43. The fourth-order valence-corrected chi connectivity index (χ4v) is 7.01. The highest BCUT2D eigenvalue weighted by Crippen LogP contribution is 2.49. The average Bonchev–Trinajstić information content (AvgIpc) is 3.57. The Morgan fingerprint density at radius 2 is 1.79 bits per heavy atom. The number of nitrogens with zero attached hydrogens (tertiary/aromatic N) is 3. The van der Waals surface area contributed by atoms with E-state index in [1.165, 1.54) is 31.6 Å². The zero-order valence-electron chi connectivity index (χ0n) is 26.4. The van der Waals surface area contributed by atoms with E-state index in [-0.39, 0.29) is 17.7 Å². The number of carbonyl (C=O) groups is 3. The van der Waals surface area contributed by atoms with E-state index >= 15 is 0 Å². The van der Waals surface area contributed by atoms with Crippen molar-refractivity contribution in [2.24, 2.45) is 0 Å². The van der Waals surface area contributed by atoms with Crippen LogP contribution in [-0.2, 0) is 47.2 Å². The molecule has 3 aromatic rings. The molecule has 16 nitrogen and oxygen atoms in total. The van der Waals surface area contributed by atoms with Gasteiger partial charge in [-0.2, -0.15) is 10.2 Å². The Hall–Kier alpha value is -4.08. The number of nitrogens with two attached hydrogens (primary N) is 1. The summed E-state index contributed by atoms with van der Waals surface area (Å²) >= 11 is 0. The van der Waals surface area contributed by atoms with Gasteiger partial charge >= 0.3 is 25.7 Å². The van der Waals surface area contributed by atoms with Crippen molar-refractivity contribution in [1.29, 1.82) is 0 Å². The summed E-state index contributed by atoms with van der Waals surface area (Å²) in [7, 11) is -4.38. The minimum absolute atomic E-state index is 0.190. The van der Waals surface area contributed by atoms with Crippen LogP contribution in [0.1, 0.15) is 52.3 Å². The van der Waals surface area contributed by atoms with E-state index in [1.807, 2.05) is 0 Å². The molecular formula is C30H38N5O11P. The Kier molecular flexibility index (Phi) is 10.5. The minimum Gasteiger partial charge on any atom is -0.461 e. The lowest BCUT2D eigenvalue weighted by molar-refractivity contribution is -0.169. The van der Waals surface area contributed by atoms with Gasteiger partial charge in [-0.05, 0) is 38.1 Å². The molecule has 6 atom stereocenters. The van der Waals surface area contributed by atoms with Crippen LogP contribution in [0.15, 0.2) is 48.8 Å². The van der Waals surface area contributed by atoms with Crippen molar-refractivity contribution in [2.45, 2.75) is 76.6 Å². The van der Waals surface area contributed by atoms with Crippen LogP contribution in [0.4, 0.5) is 5.82 Å². The summed E-state index contributed by atoms with van der Waals surface area (Å²) in [5, 5.41) is 6.92. The number of aromatic nitrogens is 3. The molecule has 0 aliphatic carbocycles. The second-order valence-corrected chi connectivity index (χ2v) is 13.1. The molecule has 1 aromatic carbocycles. The van der Waals surface area contributed by atoms with Crippen molar-refractivity contribution < 1.29 is 51.7 Å². The fourth-order valence-electron chi connectivity index (χ4n) is 5.42. The summed E-state index contributed by atoms with van der Waals surface area (Å²) in [4.78, 5) is 41.6. The minimum atomic E-state index is -4.38. The summed E-state index contributed by atoms with van der Waals surface area (Å²) < 4.78 is 56.3. The van der Waals surface area contributed by atoms with Crippen LogP contribution in [0.3, 0.4) is 0 Å². The smallest absolute Gasteiger partial charge is 0.459 e. The van der Waals surface area contributed by atoms with Gasteiger partial charge in [0.15, 0.2) is 18.0 Å². The largest absolute Gasteiger partial charge is 0.461 e. The number of rotatable bonds is 12. The first-order valence-corrected chi connectivity index (χ1v) is 16.6. The van der Waals surface area contributed by atoms with Crippen molar-refractivity contribution >= 4 is 37.0 Å². The van der Waals surface area contributed by atoms with Gasteiger partial charge in [-0.15, -0.1) is 0 Å². The molecule has 2 fully saturated rings. The van der Waals surface area contributed by atoms with Crippen molar-refractivity contribution in [3.8, 4) is 5.75 Å². The quantitative estimate of drug-likeness (QED) is 0.161. The van der Waals surface area contributed by atoms with Gasteiger partial charge in [-0.3, -0.25) is 18.9 Å². The third kappa shape index (κ3) is 8.08. The normalized spacial score (nSPS) is 25.1. The number of para-hydroxylation sites is 1. The highest BCUT2D eigenvalue weighted by atomic mass is 31.2. The fraction of sp³-hybridized carbons (Fsp3) is 0.500. The van der Waals surface area contributed by atoms with E-state index in [1.54, 1.807) is 49.4 Å². The summed E-state index contributed by atoms with van der Waals surface area (Å²) in [5.41, 5.74) is 5.32. The molecule has 0 unspecified atom stereocenters. The number of nitrogen functional groups attached to an aromatic ring is 1. The van der Waals surface area contributed by atoms with Gasteiger partial charge in [0.05, 0.1) is 25.5 Å². The van der Waals surface area contributed by atoms with E-state index in [0.29, 0.717) is 37.3 Å². The molecule has 0 amide bonds. The predicted octanol–water partition coefficient (Wildman–Crippen LogP) is 2.91. The van der Waals surface area contributed by atoms with Crippen LogP contribution in [-0.4, -0.2) is 82.3 Å². The molecule has 0 spiro atoms. The average molecular weight is 676 g/mol. The molecular weight excluding hydrogens is 637 g/mol. The Bertz CT molecular complexity index is 1630. The Morgan fingerprint density at radius 3 is 2.47 bits per heavy atom. The molecule has 0 bridgehead atoms. The molecule has 2 aliphatic heterocycles. The molecule has 2 saturated heterocycles. The standard InChI is InChI=1S/C30H38N5O11P/c1-18(29(38)44-21-12-14-40-15-13-21)34-47(39,46-22-8-6-5-7-9-22)41-16-30(4)27(43-20(3)37)26(42-19(2)36)25(45-30)23-10-11-24-28(31)32-17-33-35(23)24/h5-11,17-18,21,25-27H,12-16H2,1-4H3,(H,34,39)(H2,31,32,33)/t18-,25-,26-,27-,30+,47+/m0/s1. The number of benzene rings is 1. The van der Waals surface area contributed by atoms with Crippen molar-refractivity contribution in [3.05, 3.63) is 54.5 Å². The van der Waals surface area contributed by atoms with E-state index in [4.69, 9.17) is 38.5 Å². The second kappa shape index (κ2) is 14.4. The van der Waals surface area contributed by atoms with Crippen molar-refractivity contribution in [3.63, 3.8) is 0 Å².